The molecule has 0 unspecified atom stereocenters. The predicted molar refractivity (Wildman–Crippen MR) is 83.9 cm³/mol. The van der Waals surface area contributed by atoms with Crippen molar-refractivity contribution in [3.8, 4) is 5.88 Å². The molecule has 1 aromatic rings. The van der Waals surface area contributed by atoms with E-state index in [4.69, 9.17) is 14.2 Å². The van der Waals surface area contributed by atoms with E-state index in [1.54, 1.807) is 7.11 Å². The molecule has 5 nitrogen and oxygen atoms in total. The van der Waals surface area contributed by atoms with Gasteiger partial charge < -0.3 is 19.5 Å². The Morgan fingerprint density at radius 3 is 2.62 bits per heavy atom. The Labute approximate surface area is 128 Å². The van der Waals surface area contributed by atoms with Gasteiger partial charge in [-0.1, -0.05) is 6.92 Å². The number of aromatic nitrogens is 1. The van der Waals surface area contributed by atoms with Crippen LogP contribution in [-0.2, 0) is 16.0 Å². The third kappa shape index (κ3) is 6.89. The molecular weight excluding hydrogens is 268 g/mol. The van der Waals surface area contributed by atoms with Gasteiger partial charge in [-0.25, -0.2) is 4.98 Å². The van der Waals surface area contributed by atoms with Crippen LogP contribution in [0.4, 0.5) is 0 Å². The molecule has 5 heteroatoms. The van der Waals surface area contributed by atoms with Crippen LogP contribution in [-0.4, -0.2) is 45.1 Å². The third-order valence-electron chi connectivity index (χ3n) is 3.06. The monoisotopic (exact) mass is 296 g/mol. The van der Waals surface area contributed by atoms with E-state index in [0.29, 0.717) is 32.3 Å². The summed E-state index contributed by atoms with van der Waals surface area (Å²) in [5, 5.41) is 3.40. The Morgan fingerprint density at radius 1 is 1.14 bits per heavy atom. The number of hydrogen-bond acceptors (Lipinski definition) is 5. The number of methoxy groups -OCH3 is 1. The number of ether oxygens (including phenoxy) is 3. The van der Waals surface area contributed by atoms with Crippen molar-refractivity contribution < 1.29 is 14.2 Å². The number of nitrogens with zero attached hydrogens (tertiary/aromatic N) is 1. The van der Waals surface area contributed by atoms with E-state index in [0.717, 1.165) is 30.8 Å². The largest absolute Gasteiger partial charge is 0.475 e. The minimum absolute atomic E-state index is 0.500. The second-order valence-corrected chi connectivity index (χ2v) is 4.99. The highest BCUT2D eigenvalue weighted by Gasteiger charge is 2.10. The van der Waals surface area contributed by atoms with Gasteiger partial charge in [0.1, 0.15) is 6.61 Å². The highest BCUT2D eigenvalue weighted by molar-refractivity contribution is 5.35. The zero-order valence-electron chi connectivity index (χ0n) is 13.7. The topological polar surface area (TPSA) is 52.6 Å². The van der Waals surface area contributed by atoms with Crippen LogP contribution < -0.4 is 10.1 Å². The molecule has 0 bridgehead atoms. The molecule has 1 heterocycles. The molecule has 0 aromatic carbocycles. The van der Waals surface area contributed by atoms with Crippen molar-refractivity contribution in [1.82, 2.24) is 10.3 Å². The predicted octanol–water partition coefficient (Wildman–Crippen LogP) is 2.24. The fraction of sp³-hybridized carbons (Fsp3) is 0.688. The van der Waals surface area contributed by atoms with E-state index >= 15 is 0 Å². The molecule has 1 N–H and O–H groups in total. The average Bonchev–Trinajstić information content (AvgIpc) is 2.45. The Balaban J connectivity index is 2.53. The van der Waals surface area contributed by atoms with Gasteiger partial charge in [0.05, 0.1) is 19.8 Å². The summed E-state index contributed by atoms with van der Waals surface area (Å²) in [6.45, 7) is 10.2. The van der Waals surface area contributed by atoms with Gasteiger partial charge in [-0.3, -0.25) is 0 Å². The first kappa shape index (κ1) is 17.9. The van der Waals surface area contributed by atoms with Gasteiger partial charge in [-0.2, -0.15) is 0 Å². The van der Waals surface area contributed by atoms with Crippen molar-refractivity contribution in [2.75, 3.05) is 40.1 Å². The summed E-state index contributed by atoms with van der Waals surface area (Å²) in [6, 6.07) is 2.09. The van der Waals surface area contributed by atoms with Crippen LogP contribution in [0.25, 0.3) is 0 Å². The van der Waals surface area contributed by atoms with Gasteiger partial charge in [-0.15, -0.1) is 0 Å². The van der Waals surface area contributed by atoms with Crippen LogP contribution in [0.3, 0.4) is 0 Å². The van der Waals surface area contributed by atoms with Gasteiger partial charge in [0.2, 0.25) is 5.88 Å². The lowest BCUT2D eigenvalue weighted by atomic mass is 10.1. The Bertz CT molecular complexity index is 411. The number of rotatable bonds is 11. The van der Waals surface area contributed by atoms with Crippen LogP contribution in [0.2, 0.25) is 0 Å². The Morgan fingerprint density at radius 2 is 1.90 bits per heavy atom. The van der Waals surface area contributed by atoms with Gasteiger partial charge in [0, 0.05) is 24.9 Å². The highest BCUT2D eigenvalue weighted by Crippen LogP contribution is 2.20. The molecule has 120 valence electrons. The molecule has 0 amide bonds. The molecule has 1 rings (SSSR count). The number of hydrogen-bond donors (Lipinski definition) is 1. The molecule has 21 heavy (non-hydrogen) atoms. The van der Waals surface area contributed by atoms with Crippen molar-refractivity contribution in [2.24, 2.45) is 0 Å². The lowest BCUT2D eigenvalue weighted by molar-refractivity contribution is 0.0534. The summed E-state index contributed by atoms with van der Waals surface area (Å²) in [5.74, 6) is 0.714. The number of pyridine rings is 1. The molecule has 0 aliphatic rings. The van der Waals surface area contributed by atoms with Crippen LogP contribution in [0.15, 0.2) is 6.07 Å². The number of aryl methyl sites for hydroxylation is 2. The summed E-state index contributed by atoms with van der Waals surface area (Å²) >= 11 is 0. The van der Waals surface area contributed by atoms with E-state index in [-0.39, 0.29) is 0 Å². The zero-order chi connectivity index (χ0) is 15.5. The SMILES string of the molecule is CCCNCc1c(C)cc(C)nc1OCCOCCOC. The standard InChI is InChI=1S/C16H28N2O3/c1-5-6-17-12-15-13(2)11-14(3)18-16(15)21-10-9-20-8-7-19-4/h11,17H,5-10,12H2,1-4H3. The first-order chi connectivity index (χ1) is 10.2. The van der Waals surface area contributed by atoms with E-state index in [9.17, 15) is 0 Å². The van der Waals surface area contributed by atoms with Gasteiger partial charge in [-0.05, 0) is 38.4 Å². The summed E-state index contributed by atoms with van der Waals surface area (Å²) < 4.78 is 16.1. The summed E-state index contributed by atoms with van der Waals surface area (Å²) in [7, 11) is 1.66. The van der Waals surface area contributed by atoms with Crippen molar-refractivity contribution >= 4 is 0 Å². The quantitative estimate of drug-likeness (QED) is 0.635. The molecule has 0 radical (unpaired) electrons. The summed E-state index contributed by atoms with van der Waals surface area (Å²) in [4.78, 5) is 4.50. The number of nitrogens with one attached hydrogen (secondary N) is 1. The van der Waals surface area contributed by atoms with Crippen LogP contribution in [0.1, 0.15) is 30.2 Å². The maximum atomic E-state index is 5.79. The van der Waals surface area contributed by atoms with E-state index < -0.39 is 0 Å². The minimum Gasteiger partial charge on any atom is -0.475 e. The average molecular weight is 296 g/mol. The molecule has 0 aliphatic heterocycles. The second-order valence-electron chi connectivity index (χ2n) is 4.99. The van der Waals surface area contributed by atoms with Crippen LogP contribution in [0, 0.1) is 13.8 Å². The van der Waals surface area contributed by atoms with Crippen molar-refractivity contribution in [3.05, 3.63) is 22.9 Å². The first-order valence-corrected chi connectivity index (χ1v) is 7.56. The molecule has 0 saturated carbocycles. The zero-order valence-corrected chi connectivity index (χ0v) is 13.7. The summed E-state index contributed by atoms with van der Waals surface area (Å²) in [6.07, 6.45) is 1.11. The van der Waals surface area contributed by atoms with Crippen molar-refractivity contribution in [1.29, 1.82) is 0 Å². The van der Waals surface area contributed by atoms with Crippen LogP contribution in [0.5, 0.6) is 5.88 Å². The molecule has 0 fully saturated rings. The summed E-state index contributed by atoms with van der Waals surface area (Å²) in [5.41, 5.74) is 3.31. The van der Waals surface area contributed by atoms with E-state index in [1.165, 1.54) is 5.56 Å². The molecule has 0 saturated heterocycles. The molecule has 0 spiro atoms. The Hall–Kier alpha value is -1.17. The molecule has 0 atom stereocenters. The van der Waals surface area contributed by atoms with Gasteiger partial charge >= 0.3 is 0 Å². The maximum absolute atomic E-state index is 5.79. The normalized spacial score (nSPS) is 10.9. The second kappa shape index (κ2) is 10.5. The smallest absolute Gasteiger partial charge is 0.218 e. The Kier molecular flexibility index (Phi) is 8.98. The first-order valence-electron chi connectivity index (χ1n) is 7.56. The lowest BCUT2D eigenvalue weighted by Gasteiger charge is -2.14. The van der Waals surface area contributed by atoms with Crippen molar-refractivity contribution in [2.45, 2.75) is 33.7 Å². The minimum atomic E-state index is 0.500. The fourth-order valence-corrected chi connectivity index (χ4v) is 2.00. The maximum Gasteiger partial charge on any atom is 0.218 e. The van der Waals surface area contributed by atoms with E-state index in [2.05, 4.69) is 30.2 Å². The molecule has 1 aromatic heterocycles. The van der Waals surface area contributed by atoms with Gasteiger partial charge in [0.25, 0.3) is 0 Å². The highest BCUT2D eigenvalue weighted by atomic mass is 16.5. The fourth-order valence-electron chi connectivity index (χ4n) is 2.00. The molecular formula is C16H28N2O3. The molecule has 0 aliphatic carbocycles. The van der Waals surface area contributed by atoms with Crippen LogP contribution >= 0.6 is 0 Å². The van der Waals surface area contributed by atoms with Gasteiger partial charge in [0.15, 0.2) is 0 Å². The van der Waals surface area contributed by atoms with Crippen molar-refractivity contribution in [3.63, 3.8) is 0 Å². The van der Waals surface area contributed by atoms with E-state index in [1.807, 2.05) is 6.92 Å². The third-order valence-corrected chi connectivity index (χ3v) is 3.06. The lowest BCUT2D eigenvalue weighted by Crippen LogP contribution is -2.17.